The zero-order valence-corrected chi connectivity index (χ0v) is 12.7. The van der Waals surface area contributed by atoms with Crippen molar-refractivity contribution in [3.8, 4) is 0 Å². The number of anilines is 2. The van der Waals surface area contributed by atoms with Crippen LogP contribution in [0.15, 0.2) is 24.4 Å². The molecular formula is C13H17N5O2S. The number of rotatable bonds is 5. The maximum Gasteiger partial charge on any atom is 0.325 e. The first-order valence-electron chi connectivity index (χ1n) is 6.51. The van der Waals surface area contributed by atoms with Crippen molar-refractivity contribution in [1.29, 1.82) is 0 Å². The Hall–Kier alpha value is -2.35. The van der Waals surface area contributed by atoms with E-state index < -0.39 is 0 Å². The fraction of sp³-hybridized carbons (Fsp3) is 0.308. The predicted octanol–water partition coefficient (Wildman–Crippen LogP) is 2.03. The van der Waals surface area contributed by atoms with Crippen molar-refractivity contribution in [2.24, 2.45) is 0 Å². The van der Waals surface area contributed by atoms with Gasteiger partial charge >= 0.3 is 6.03 Å². The first kappa shape index (κ1) is 15.0. The maximum atomic E-state index is 11.8. The number of aromatic nitrogens is 2. The number of carbonyl (C=O) groups is 2. The average molecular weight is 307 g/mol. The molecule has 0 aromatic carbocycles. The largest absolute Gasteiger partial charge is 0.355 e. The maximum absolute atomic E-state index is 11.8. The van der Waals surface area contributed by atoms with E-state index in [-0.39, 0.29) is 18.5 Å². The quantitative estimate of drug-likeness (QED) is 0.789. The SMILES string of the molecule is CCNC(=O)Cn1ccc(NC(=O)Nc2ccc(C)s2)n1. The van der Waals surface area contributed by atoms with Crippen molar-refractivity contribution in [3.63, 3.8) is 0 Å². The Bertz CT molecular complexity index is 634. The van der Waals surface area contributed by atoms with Crippen LogP contribution in [0.25, 0.3) is 0 Å². The highest BCUT2D eigenvalue weighted by Gasteiger charge is 2.08. The minimum absolute atomic E-state index is 0.120. The van der Waals surface area contributed by atoms with E-state index in [9.17, 15) is 9.59 Å². The molecular weight excluding hydrogens is 290 g/mol. The van der Waals surface area contributed by atoms with Gasteiger partial charge in [0.1, 0.15) is 6.54 Å². The molecule has 0 bridgehead atoms. The second-order valence-corrected chi connectivity index (χ2v) is 5.63. The summed E-state index contributed by atoms with van der Waals surface area (Å²) >= 11 is 1.50. The topological polar surface area (TPSA) is 88.0 Å². The minimum Gasteiger partial charge on any atom is -0.355 e. The lowest BCUT2D eigenvalue weighted by molar-refractivity contribution is -0.121. The molecule has 7 nitrogen and oxygen atoms in total. The van der Waals surface area contributed by atoms with Crippen LogP contribution >= 0.6 is 11.3 Å². The molecule has 8 heteroatoms. The predicted molar refractivity (Wildman–Crippen MR) is 82.6 cm³/mol. The summed E-state index contributed by atoms with van der Waals surface area (Å²) in [6.07, 6.45) is 1.64. The van der Waals surface area contributed by atoms with E-state index in [1.165, 1.54) is 16.0 Å². The smallest absolute Gasteiger partial charge is 0.325 e. The summed E-state index contributed by atoms with van der Waals surface area (Å²) in [6.45, 7) is 4.52. The number of hydrogen-bond acceptors (Lipinski definition) is 4. The summed E-state index contributed by atoms with van der Waals surface area (Å²) in [6, 6.07) is 5.05. The Balaban J connectivity index is 1.87. The molecule has 0 fully saturated rings. The Morgan fingerprint density at radius 1 is 1.29 bits per heavy atom. The van der Waals surface area contributed by atoms with Crippen LogP contribution in [0.3, 0.4) is 0 Å². The van der Waals surface area contributed by atoms with Gasteiger partial charge in [-0.15, -0.1) is 11.3 Å². The van der Waals surface area contributed by atoms with Crippen LogP contribution in [0, 0.1) is 6.92 Å². The van der Waals surface area contributed by atoms with Gasteiger partial charge in [-0.25, -0.2) is 4.79 Å². The molecule has 21 heavy (non-hydrogen) atoms. The van der Waals surface area contributed by atoms with Crippen LogP contribution < -0.4 is 16.0 Å². The number of thiophene rings is 1. The van der Waals surface area contributed by atoms with Crippen LogP contribution in [-0.2, 0) is 11.3 Å². The molecule has 0 radical (unpaired) electrons. The highest BCUT2D eigenvalue weighted by Crippen LogP contribution is 2.20. The molecule has 112 valence electrons. The third kappa shape index (κ3) is 4.60. The number of nitrogens with one attached hydrogen (secondary N) is 3. The van der Waals surface area contributed by atoms with E-state index in [0.717, 1.165) is 9.88 Å². The molecule has 0 aliphatic rings. The zero-order chi connectivity index (χ0) is 15.2. The van der Waals surface area contributed by atoms with Gasteiger partial charge < -0.3 is 5.32 Å². The molecule has 0 spiro atoms. The average Bonchev–Trinajstić information content (AvgIpc) is 2.99. The molecule has 3 N–H and O–H groups in total. The van der Waals surface area contributed by atoms with Gasteiger partial charge in [-0.3, -0.25) is 20.1 Å². The van der Waals surface area contributed by atoms with Gasteiger partial charge in [-0.05, 0) is 26.0 Å². The van der Waals surface area contributed by atoms with E-state index in [4.69, 9.17) is 0 Å². The zero-order valence-electron chi connectivity index (χ0n) is 11.8. The summed E-state index contributed by atoms with van der Waals surface area (Å²) in [5, 5.41) is 12.9. The first-order chi connectivity index (χ1) is 10.1. The molecule has 0 aliphatic carbocycles. The van der Waals surface area contributed by atoms with E-state index in [1.807, 2.05) is 26.0 Å². The summed E-state index contributed by atoms with van der Waals surface area (Å²) in [7, 11) is 0. The molecule has 0 atom stereocenters. The molecule has 2 aromatic rings. The monoisotopic (exact) mass is 307 g/mol. The van der Waals surface area contributed by atoms with E-state index >= 15 is 0 Å². The molecule has 2 rings (SSSR count). The number of carbonyl (C=O) groups excluding carboxylic acids is 2. The fourth-order valence-electron chi connectivity index (χ4n) is 1.68. The van der Waals surface area contributed by atoms with Gasteiger partial charge in [-0.2, -0.15) is 5.10 Å². The number of nitrogens with zero attached hydrogens (tertiary/aromatic N) is 2. The van der Waals surface area contributed by atoms with Crippen molar-refractivity contribution in [2.75, 3.05) is 17.2 Å². The highest BCUT2D eigenvalue weighted by molar-refractivity contribution is 7.16. The van der Waals surface area contributed by atoms with Crippen molar-refractivity contribution >= 4 is 34.1 Å². The first-order valence-corrected chi connectivity index (χ1v) is 7.33. The van der Waals surface area contributed by atoms with E-state index in [2.05, 4.69) is 21.0 Å². The van der Waals surface area contributed by atoms with E-state index in [0.29, 0.717) is 12.4 Å². The molecule has 0 saturated heterocycles. The van der Waals surface area contributed by atoms with E-state index in [1.54, 1.807) is 12.3 Å². The van der Waals surface area contributed by atoms with Crippen LogP contribution in [0.1, 0.15) is 11.8 Å². The molecule has 0 saturated carbocycles. The fourth-order valence-corrected chi connectivity index (χ4v) is 2.44. The number of amides is 3. The molecule has 3 amide bonds. The number of aryl methyl sites for hydroxylation is 1. The lowest BCUT2D eigenvalue weighted by Crippen LogP contribution is -2.27. The Morgan fingerprint density at radius 3 is 2.76 bits per heavy atom. The normalized spacial score (nSPS) is 10.2. The Labute approximate surface area is 126 Å². The molecule has 2 heterocycles. The number of hydrogen-bond donors (Lipinski definition) is 3. The van der Waals surface area contributed by atoms with Crippen LogP contribution in [-0.4, -0.2) is 28.3 Å². The van der Waals surface area contributed by atoms with Gasteiger partial charge in [-0.1, -0.05) is 0 Å². The van der Waals surface area contributed by atoms with Crippen molar-refractivity contribution in [1.82, 2.24) is 15.1 Å². The molecule has 0 unspecified atom stereocenters. The van der Waals surface area contributed by atoms with Gasteiger partial charge in [0, 0.05) is 23.7 Å². The van der Waals surface area contributed by atoms with Crippen LogP contribution in [0.5, 0.6) is 0 Å². The molecule has 0 aliphatic heterocycles. The van der Waals surface area contributed by atoms with Gasteiger partial charge in [0.2, 0.25) is 5.91 Å². The van der Waals surface area contributed by atoms with Gasteiger partial charge in [0.05, 0.1) is 5.00 Å². The second-order valence-electron chi connectivity index (χ2n) is 4.34. The van der Waals surface area contributed by atoms with Crippen LogP contribution in [0.4, 0.5) is 15.6 Å². The highest BCUT2D eigenvalue weighted by atomic mass is 32.1. The number of likely N-dealkylation sites (N-methyl/N-ethyl adjacent to an activating group) is 1. The summed E-state index contributed by atoms with van der Waals surface area (Å²) in [5.41, 5.74) is 0. The summed E-state index contributed by atoms with van der Waals surface area (Å²) in [4.78, 5) is 24.3. The van der Waals surface area contributed by atoms with Crippen molar-refractivity contribution in [3.05, 3.63) is 29.3 Å². The lowest BCUT2D eigenvalue weighted by Gasteiger charge is -2.03. The van der Waals surface area contributed by atoms with Crippen molar-refractivity contribution < 1.29 is 9.59 Å². The third-order valence-corrected chi connectivity index (χ3v) is 3.46. The summed E-state index contributed by atoms with van der Waals surface area (Å²) in [5.74, 6) is 0.274. The number of urea groups is 1. The van der Waals surface area contributed by atoms with Crippen molar-refractivity contribution in [2.45, 2.75) is 20.4 Å². The Kier molecular flexibility index (Phi) is 4.94. The second kappa shape index (κ2) is 6.89. The minimum atomic E-state index is -0.361. The standard InChI is InChI=1S/C13H17N5O2S/c1-3-14-11(19)8-18-7-6-10(17-18)15-13(20)16-12-5-4-9(2)21-12/h4-7H,3,8H2,1-2H3,(H,14,19)(H2,15,16,17,20). The van der Waals surface area contributed by atoms with Gasteiger partial charge in [0.15, 0.2) is 5.82 Å². The Morgan fingerprint density at radius 2 is 2.10 bits per heavy atom. The lowest BCUT2D eigenvalue weighted by atomic mass is 10.5. The van der Waals surface area contributed by atoms with Crippen LogP contribution in [0.2, 0.25) is 0 Å². The third-order valence-electron chi connectivity index (χ3n) is 2.54. The molecule has 2 aromatic heterocycles. The summed E-state index contributed by atoms with van der Waals surface area (Å²) < 4.78 is 1.47. The van der Waals surface area contributed by atoms with Gasteiger partial charge in [0.25, 0.3) is 0 Å².